The van der Waals surface area contributed by atoms with Crippen molar-refractivity contribution in [2.24, 2.45) is 0 Å². The minimum Gasteiger partial charge on any atom is -0.496 e. The zero-order valence-corrected chi connectivity index (χ0v) is 13.1. The summed E-state index contributed by atoms with van der Waals surface area (Å²) in [4.78, 5) is 5.43. The Hall–Kier alpha value is -2.39. The van der Waals surface area contributed by atoms with Gasteiger partial charge in [-0.25, -0.2) is 4.98 Å². The Kier molecular flexibility index (Phi) is 2.91. The average Bonchev–Trinajstić information content (AvgIpc) is 3.19. The van der Waals surface area contributed by atoms with Gasteiger partial charge in [-0.05, 0) is 43.5 Å². The number of benzene rings is 1. The third kappa shape index (κ3) is 1.97. The molecule has 22 heavy (non-hydrogen) atoms. The molecule has 4 rings (SSSR count). The second-order valence-electron chi connectivity index (χ2n) is 5.51. The van der Waals surface area contributed by atoms with Crippen LogP contribution in [-0.2, 0) is 0 Å². The Bertz CT molecular complexity index is 914. The highest BCUT2D eigenvalue weighted by Crippen LogP contribution is 2.42. The summed E-state index contributed by atoms with van der Waals surface area (Å²) >= 11 is 1.59. The number of aryl methyl sites for hydroxylation is 1. The van der Waals surface area contributed by atoms with Crippen molar-refractivity contribution in [3.8, 4) is 23.1 Å². The summed E-state index contributed by atoms with van der Waals surface area (Å²) in [5.74, 6) is 1.40. The van der Waals surface area contributed by atoms with Crippen LogP contribution < -0.4 is 4.74 Å². The average molecular weight is 310 g/mol. The third-order valence-corrected chi connectivity index (χ3v) is 4.99. The Balaban J connectivity index is 1.86. The Morgan fingerprint density at radius 3 is 2.86 bits per heavy atom. The molecule has 0 amide bonds. The maximum Gasteiger partial charge on any atom is 0.214 e. The molecule has 0 N–H and O–H groups in total. The standard InChI is InChI=1S/C16H14N4OS/c1-9-7-11(5-6-13(9)21-2)14-12(8-17)20-16(18-14)22-15(19-20)10-3-4-10/h5-7,10H,3-4H2,1-2H3. The van der Waals surface area contributed by atoms with Crippen LogP contribution >= 0.6 is 11.3 Å². The molecule has 1 aliphatic rings. The summed E-state index contributed by atoms with van der Waals surface area (Å²) in [6.07, 6.45) is 2.40. The van der Waals surface area contributed by atoms with Crippen LogP contribution in [0.5, 0.6) is 5.75 Å². The molecular formula is C16H14N4OS. The molecule has 0 unspecified atom stereocenters. The molecule has 6 heteroatoms. The summed E-state index contributed by atoms with van der Waals surface area (Å²) in [6.45, 7) is 1.98. The topological polar surface area (TPSA) is 63.2 Å². The number of aromatic nitrogens is 3. The molecule has 0 aliphatic heterocycles. The number of fused-ring (bicyclic) bond motifs is 1. The Morgan fingerprint density at radius 2 is 2.23 bits per heavy atom. The van der Waals surface area contributed by atoms with Crippen molar-refractivity contribution in [3.63, 3.8) is 0 Å². The lowest BCUT2D eigenvalue weighted by Gasteiger charge is -2.06. The molecule has 110 valence electrons. The van der Waals surface area contributed by atoms with Gasteiger partial charge in [-0.1, -0.05) is 11.3 Å². The SMILES string of the molecule is COc1ccc(-c2nc3sc(C4CC4)nn3c2C#N)cc1C. The van der Waals surface area contributed by atoms with Gasteiger partial charge in [0.2, 0.25) is 4.96 Å². The van der Waals surface area contributed by atoms with E-state index < -0.39 is 0 Å². The van der Waals surface area contributed by atoms with E-state index in [0.29, 0.717) is 17.3 Å². The van der Waals surface area contributed by atoms with E-state index in [1.165, 1.54) is 12.8 Å². The van der Waals surface area contributed by atoms with Crippen LogP contribution in [0.1, 0.15) is 35.0 Å². The number of methoxy groups -OCH3 is 1. The first kappa shape index (κ1) is 13.3. The van der Waals surface area contributed by atoms with Crippen molar-refractivity contribution < 1.29 is 4.74 Å². The first-order valence-corrected chi connectivity index (χ1v) is 7.97. The van der Waals surface area contributed by atoms with E-state index in [2.05, 4.69) is 16.2 Å². The summed E-state index contributed by atoms with van der Waals surface area (Å²) in [7, 11) is 1.65. The van der Waals surface area contributed by atoms with Crippen molar-refractivity contribution in [3.05, 3.63) is 34.5 Å². The van der Waals surface area contributed by atoms with Gasteiger partial charge >= 0.3 is 0 Å². The van der Waals surface area contributed by atoms with Gasteiger partial charge in [0.05, 0.1) is 7.11 Å². The van der Waals surface area contributed by atoms with Crippen LogP contribution in [0.4, 0.5) is 0 Å². The molecule has 0 atom stereocenters. The minimum absolute atomic E-state index is 0.503. The number of hydrogen-bond acceptors (Lipinski definition) is 5. The second kappa shape index (κ2) is 4.82. The van der Waals surface area contributed by atoms with Crippen molar-refractivity contribution in [2.75, 3.05) is 7.11 Å². The highest BCUT2D eigenvalue weighted by atomic mass is 32.1. The molecule has 2 heterocycles. The molecule has 0 saturated heterocycles. The van der Waals surface area contributed by atoms with Crippen molar-refractivity contribution in [2.45, 2.75) is 25.7 Å². The van der Waals surface area contributed by atoms with E-state index in [0.717, 1.165) is 26.8 Å². The van der Waals surface area contributed by atoms with Gasteiger partial charge in [0, 0.05) is 11.5 Å². The van der Waals surface area contributed by atoms with Crippen molar-refractivity contribution in [1.82, 2.24) is 14.6 Å². The predicted octanol–water partition coefficient (Wildman–Crippen LogP) is 3.52. The Morgan fingerprint density at radius 1 is 1.41 bits per heavy atom. The van der Waals surface area contributed by atoms with E-state index in [1.807, 2.05) is 25.1 Å². The van der Waals surface area contributed by atoms with Crippen molar-refractivity contribution >= 4 is 16.3 Å². The number of nitrogens with zero attached hydrogens (tertiary/aromatic N) is 4. The van der Waals surface area contributed by atoms with Gasteiger partial charge in [-0.3, -0.25) is 0 Å². The zero-order valence-electron chi connectivity index (χ0n) is 12.3. The molecule has 0 bridgehead atoms. The molecular weight excluding hydrogens is 296 g/mol. The molecule has 3 aromatic rings. The van der Waals surface area contributed by atoms with Gasteiger partial charge < -0.3 is 4.74 Å². The maximum absolute atomic E-state index is 9.53. The highest BCUT2D eigenvalue weighted by Gasteiger charge is 2.29. The molecule has 2 aromatic heterocycles. The summed E-state index contributed by atoms with van der Waals surface area (Å²) in [5.41, 5.74) is 3.13. The number of hydrogen-bond donors (Lipinski definition) is 0. The van der Waals surface area contributed by atoms with Crippen LogP contribution in [0.3, 0.4) is 0 Å². The summed E-state index contributed by atoms with van der Waals surface area (Å²) in [6, 6.07) is 8.08. The fourth-order valence-electron chi connectivity index (χ4n) is 2.59. The number of nitriles is 1. The Labute approximate surface area is 131 Å². The smallest absolute Gasteiger partial charge is 0.214 e. The van der Waals surface area contributed by atoms with E-state index in [-0.39, 0.29) is 0 Å². The molecule has 1 fully saturated rings. The quantitative estimate of drug-likeness (QED) is 0.742. The lowest BCUT2D eigenvalue weighted by atomic mass is 10.1. The van der Waals surface area contributed by atoms with Crippen LogP contribution in [0.15, 0.2) is 18.2 Å². The van der Waals surface area contributed by atoms with Gasteiger partial charge in [-0.15, -0.1) is 0 Å². The van der Waals surface area contributed by atoms with Crippen LogP contribution in [0.25, 0.3) is 16.2 Å². The molecule has 1 aromatic carbocycles. The molecule has 0 spiro atoms. The lowest BCUT2D eigenvalue weighted by Crippen LogP contribution is -1.93. The molecule has 1 saturated carbocycles. The third-order valence-electron chi connectivity index (χ3n) is 3.92. The largest absolute Gasteiger partial charge is 0.496 e. The van der Waals surface area contributed by atoms with Gasteiger partial charge in [-0.2, -0.15) is 14.9 Å². The fraction of sp³-hybridized carbons (Fsp3) is 0.312. The summed E-state index contributed by atoms with van der Waals surface area (Å²) < 4.78 is 6.97. The second-order valence-corrected chi connectivity index (χ2v) is 6.50. The van der Waals surface area contributed by atoms with Crippen LogP contribution in [-0.4, -0.2) is 21.7 Å². The number of ether oxygens (including phenoxy) is 1. The predicted molar refractivity (Wildman–Crippen MR) is 84.3 cm³/mol. The minimum atomic E-state index is 0.503. The first-order chi connectivity index (χ1) is 10.7. The lowest BCUT2D eigenvalue weighted by molar-refractivity contribution is 0.412. The molecule has 1 aliphatic carbocycles. The highest BCUT2D eigenvalue weighted by molar-refractivity contribution is 7.16. The van der Waals surface area contributed by atoms with Gasteiger partial charge in [0.15, 0.2) is 5.69 Å². The number of rotatable bonds is 3. The zero-order chi connectivity index (χ0) is 15.3. The van der Waals surface area contributed by atoms with Crippen LogP contribution in [0, 0.1) is 18.3 Å². The monoisotopic (exact) mass is 310 g/mol. The first-order valence-electron chi connectivity index (χ1n) is 7.16. The molecule has 5 nitrogen and oxygen atoms in total. The van der Waals surface area contributed by atoms with Crippen LogP contribution in [0.2, 0.25) is 0 Å². The van der Waals surface area contributed by atoms with Crippen molar-refractivity contribution in [1.29, 1.82) is 5.26 Å². The van der Waals surface area contributed by atoms with E-state index in [1.54, 1.807) is 23.0 Å². The fourth-order valence-corrected chi connectivity index (χ4v) is 3.65. The number of imidazole rings is 1. The summed E-state index contributed by atoms with van der Waals surface area (Å²) in [5, 5.41) is 15.2. The normalized spacial score (nSPS) is 14.2. The van der Waals surface area contributed by atoms with Gasteiger partial charge in [0.1, 0.15) is 22.5 Å². The van der Waals surface area contributed by atoms with E-state index in [4.69, 9.17) is 4.74 Å². The molecule has 0 radical (unpaired) electrons. The van der Waals surface area contributed by atoms with E-state index in [9.17, 15) is 5.26 Å². The van der Waals surface area contributed by atoms with Gasteiger partial charge in [0.25, 0.3) is 0 Å². The van der Waals surface area contributed by atoms with E-state index >= 15 is 0 Å². The maximum atomic E-state index is 9.53.